The molecule has 0 amide bonds. The molecule has 7 heteroatoms. The van der Waals surface area contributed by atoms with Gasteiger partial charge in [0.1, 0.15) is 0 Å². The zero-order valence-corrected chi connectivity index (χ0v) is 13.9. The third-order valence-corrected chi connectivity index (χ3v) is 5.85. The maximum atomic E-state index is 12.3. The number of sulfonamides is 1. The zero-order valence-electron chi connectivity index (χ0n) is 12.3. The predicted molar refractivity (Wildman–Crippen MR) is 86.0 cm³/mol. The second-order valence-corrected chi connectivity index (χ2v) is 7.77. The Labute approximate surface area is 129 Å². The molecule has 1 aromatic carbocycles. The monoisotopic (exact) mass is 325 g/mol. The Morgan fingerprint density at radius 1 is 1.38 bits per heavy atom. The number of aromatic nitrogens is 1. The molecule has 0 saturated heterocycles. The average molecular weight is 325 g/mol. The molecule has 0 saturated carbocycles. The standard InChI is InChI=1S/C14H19N3O2S2/c1-9-6-12(7-13(15)11(9)3)21(18,19)17-8-10(2)14-16-4-5-20-14/h4-7,10,17H,8,15H2,1-3H3. The molecule has 2 aromatic rings. The van der Waals surface area contributed by atoms with Gasteiger partial charge in [0.25, 0.3) is 0 Å². The molecular weight excluding hydrogens is 306 g/mol. The van der Waals surface area contributed by atoms with Crippen molar-refractivity contribution < 1.29 is 8.42 Å². The lowest BCUT2D eigenvalue weighted by molar-refractivity contribution is 0.574. The van der Waals surface area contributed by atoms with Crippen LogP contribution in [0.4, 0.5) is 5.69 Å². The van der Waals surface area contributed by atoms with Gasteiger partial charge < -0.3 is 5.73 Å². The van der Waals surface area contributed by atoms with Gasteiger partial charge in [0.2, 0.25) is 10.0 Å². The van der Waals surface area contributed by atoms with E-state index >= 15 is 0 Å². The number of nitrogens with one attached hydrogen (secondary N) is 1. The summed E-state index contributed by atoms with van der Waals surface area (Å²) >= 11 is 1.52. The minimum absolute atomic E-state index is 0.0312. The molecule has 3 N–H and O–H groups in total. The number of nitrogens with two attached hydrogens (primary N) is 1. The zero-order chi connectivity index (χ0) is 15.6. The van der Waals surface area contributed by atoms with Crippen molar-refractivity contribution >= 4 is 27.0 Å². The van der Waals surface area contributed by atoms with E-state index in [1.807, 2.05) is 26.2 Å². The van der Waals surface area contributed by atoms with E-state index in [0.29, 0.717) is 12.2 Å². The first kappa shape index (κ1) is 15.9. The van der Waals surface area contributed by atoms with Crippen molar-refractivity contribution in [3.63, 3.8) is 0 Å². The maximum absolute atomic E-state index is 12.3. The SMILES string of the molecule is Cc1cc(S(=O)(=O)NCC(C)c2nccs2)cc(N)c1C. The third kappa shape index (κ3) is 3.61. The van der Waals surface area contributed by atoms with Gasteiger partial charge in [-0.1, -0.05) is 6.92 Å². The largest absolute Gasteiger partial charge is 0.398 e. The van der Waals surface area contributed by atoms with Crippen LogP contribution >= 0.6 is 11.3 Å². The van der Waals surface area contributed by atoms with Crippen LogP contribution in [0, 0.1) is 13.8 Å². The molecule has 114 valence electrons. The number of thiazole rings is 1. The van der Waals surface area contributed by atoms with Gasteiger partial charge in [0.15, 0.2) is 0 Å². The van der Waals surface area contributed by atoms with Gasteiger partial charge in [-0.3, -0.25) is 0 Å². The summed E-state index contributed by atoms with van der Waals surface area (Å²) in [5.74, 6) is 0.0312. The quantitative estimate of drug-likeness (QED) is 0.827. The topological polar surface area (TPSA) is 85.1 Å². The van der Waals surface area contributed by atoms with Crippen molar-refractivity contribution in [2.45, 2.75) is 31.6 Å². The summed E-state index contributed by atoms with van der Waals surface area (Å²) in [5.41, 5.74) is 8.11. The lowest BCUT2D eigenvalue weighted by atomic mass is 10.1. The maximum Gasteiger partial charge on any atom is 0.240 e. The number of hydrogen-bond acceptors (Lipinski definition) is 5. The highest BCUT2D eigenvalue weighted by Crippen LogP contribution is 2.22. The van der Waals surface area contributed by atoms with Crippen LogP contribution in [0.1, 0.15) is 29.0 Å². The lowest BCUT2D eigenvalue weighted by Gasteiger charge is -2.13. The molecule has 0 bridgehead atoms. The summed E-state index contributed by atoms with van der Waals surface area (Å²) in [4.78, 5) is 4.40. The molecule has 1 atom stereocenters. The Hall–Kier alpha value is -1.44. The fraction of sp³-hybridized carbons (Fsp3) is 0.357. The van der Waals surface area contributed by atoms with E-state index in [1.54, 1.807) is 12.3 Å². The fourth-order valence-electron chi connectivity index (χ4n) is 1.89. The Bertz CT molecular complexity index is 702. The number of nitrogen functional groups attached to an aromatic ring is 1. The summed E-state index contributed by atoms with van der Waals surface area (Å²) in [7, 11) is -3.56. The molecule has 1 heterocycles. The Morgan fingerprint density at radius 3 is 2.67 bits per heavy atom. The molecule has 0 aliphatic heterocycles. The van der Waals surface area contributed by atoms with Crippen LogP contribution in [0.25, 0.3) is 0 Å². The highest BCUT2D eigenvalue weighted by Gasteiger charge is 2.18. The Balaban J connectivity index is 2.15. The molecule has 0 aliphatic rings. The first-order chi connectivity index (χ1) is 9.81. The van der Waals surface area contributed by atoms with E-state index in [4.69, 9.17) is 5.73 Å². The normalized spacial score (nSPS) is 13.3. The van der Waals surface area contributed by atoms with Gasteiger partial charge in [-0.15, -0.1) is 11.3 Å². The number of benzene rings is 1. The number of anilines is 1. The molecule has 0 spiro atoms. The van der Waals surface area contributed by atoms with Crippen molar-refractivity contribution in [3.8, 4) is 0 Å². The molecule has 2 rings (SSSR count). The van der Waals surface area contributed by atoms with Gasteiger partial charge in [0.05, 0.1) is 9.90 Å². The molecule has 21 heavy (non-hydrogen) atoms. The van der Waals surface area contributed by atoms with Crippen LogP contribution < -0.4 is 10.5 Å². The van der Waals surface area contributed by atoms with Crippen molar-refractivity contribution in [1.29, 1.82) is 0 Å². The van der Waals surface area contributed by atoms with Gasteiger partial charge in [-0.2, -0.15) is 0 Å². The molecule has 0 radical (unpaired) electrons. The first-order valence-corrected chi connectivity index (χ1v) is 8.93. The van der Waals surface area contributed by atoms with E-state index in [1.165, 1.54) is 17.4 Å². The minimum atomic E-state index is -3.56. The third-order valence-electron chi connectivity index (χ3n) is 3.44. The lowest BCUT2D eigenvalue weighted by Crippen LogP contribution is -2.28. The first-order valence-electron chi connectivity index (χ1n) is 6.57. The number of nitrogens with zero attached hydrogens (tertiary/aromatic N) is 1. The van der Waals surface area contributed by atoms with Crippen LogP contribution in [0.5, 0.6) is 0 Å². The van der Waals surface area contributed by atoms with Crippen LogP contribution in [0.3, 0.4) is 0 Å². The second-order valence-electron chi connectivity index (χ2n) is 5.08. The Morgan fingerprint density at radius 2 is 2.10 bits per heavy atom. The van der Waals surface area contributed by atoms with E-state index < -0.39 is 10.0 Å². The highest BCUT2D eigenvalue weighted by atomic mass is 32.2. The van der Waals surface area contributed by atoms with Crippen molar-refractivity contribution in [2.75, 3.05) is 12.3 Å². The van der Waals surface area contributed by atoms with Crippen LogP contribution in [-0.4, -0.2) is 19.9 Å². The Kier molecular flexibility index (Phi) is 4.65. The number of aryl methyl sites for hydroxylation is 1. The summed E-state index contributed by atoms with van der Waals surface area (Å²) in [6.45, 7) is 5.97. The summed E-state index contributed by atoms with van der Waals surface area (Å²) in [6, 6.07) is 3.14. The van der Waals surface area contributed by atoms with Gasteiger partial charge in [-0.05, 0) is 37.1 Å². The molecule has 1 aromatic heterocycles. The molecular formula is C14H19N3O2S2. The summed E-state index contributed by atoms with van der Waals surface area (Å²) in [6.07, 6.45) is 1.72. The molecule has 0 aliphatic carbocycles. The summed E-state index contributed by atoms with van der Waals surface area (Å²) in [5, 5.41) is 2.79. The number of rotatable bonds is 5. The van der Waals surface area contributed by atoms with E-state index in [2.05, 4.69) is 9.71 Å². The van der Waals surface area contributed by atoms with Crippen LogP contribution in [0.15, 0.2) is 28.6 Å². The van der Waals surface area contributed by atoms with E-state index in [0.717, 1.165) is 16.1 Å². The van der Waals surface area contributed by atoms with E-state index in [-0.39, 0.29) is 10.8 Å². The fourth-order valence-corrected chi connectivity index (χ4v) is 3.84. The van der Waals surface area contributed by atoms with Crippen LogP contribution in [0.2, 0.25) is 0 Å². The number of hydrogen-bond donors (Lipinski definition) is 2. The molecule has 1 unspecified atom stereocenters. The predicted octanol–water partition coefficient (Wildman–Crippen LogP) is 2.42. The van der Waals surface area contributed by atoms with E-state index in [9.17, 15) is 8.42 Å². The smallest absolute Gasteiger partial charge is 0.240 e. The van der Waals surface area contributed by atoms with Gasteiger partial charge in [0, 0.05) is 29.7 Å². The average Bonchev–Trinajstić information content (AvgIpc) is 2.95. The molecule has 0 fully saturated rings. The highest BCUT2D eigenvalue weighted by molar-refractivity contribution is 7.89. The summed E-state index contributed by atoms with van der Waals surface area (Å²) < 4.78 is 27.3. The van der Waals surface area contributed by atoms with Crippen LogP contribution in [-0.2, 0) is 10.0 Å². The van der Waals surface area contributed by atoms with Crippen molar-refractivity contribution in [3.05, 3.63) is 39.8 Å². The van der Waals surface area contributed by atoms with Gasteiger partial charge >= 0.3 is 0 Å². The molecule has 5 nitrogen and oxygen atoms in total. The van der Waals surface area contributed by atoms with Crippen molar-refractivity contribution in [1.82, 2.24) is 9.71 Å². The van der Waals surface area contributed by atoms with Crippen molar-refractivity contribution in [2.24, 2.45) is 0 Å². The van der Waals surface area contributed by atoms with Gasteiger partial charge in [-0.25, -0.2) is 18.1 Å². The second kappa shape index (κ2) is 6.13. The minimum Gasteiger partial charge on any atom is -0.398 e.